The van der Waals surface area contributed by atoms with Gasteiger partial charge in [0.1, 0.15) is 0 Å². The fourth-order valence-electron chi connectivity index (χ4n) is 5.08. The van der Waals surface area contributed by atoms with Gasteiger partial charge in [0.25, 0.3) is 5.91 Å². The third-order valence-electron chi connectivity index (χ3n) is 6.86. The van der Waals surface area contributed by atoms with Gasteiger partial charge in [0, 0.05) is 36.3 Å². The van der Waals surface area contributed by atoms with Crippen LogP contribution < -0.4 is 0 Å². The van der Waals surface area contributed by atoms with Crippen LogP contribution in [0.15, 0.2) is 54.7 Å². The second kappa shape index (κ2) is 8.09. The fraction of sp³-hybridized carbons (Fsp3) is 0.400. The Morgan fingerprint density at radius 3 is 2.57 bits per heavy atom. The molecule has 2 aromatic carbocycles. The predicted molar refractivity (Wildman–Crippen MR) is 122 cm³/mol. The van der Waals surface area contributed by atoms with E-state index in [-0.39, 0.29) is 11.9 Å². The van der Waals surface area contributed by atoms with E-state index < -0.39 is 0 Å². The Labute approximate surface area is 183 Å². The molecule has 2 saturated heterocycles. The van der Waals surface area contributed by atoms with Gasteiger partial charge in [-0.15, -0.1) is 0 Å². The summed E-state index contributed by atoms with van der Waals surface area (Å²) < 4.78 is 2.20. The molecule has 2 fully saturated rings. The van der Waals surface area contributed by atoms with Gasteiger partial charge in [-0.2, -0.15) is 0 Å². The number of para-hydroxylation sites is 1. The number of fused-ring (bicyclic) bond motifs is 1. The van der Waals surface area contributed by atoms with Crippen LogP contribution in [0.1, 0.15) is 48.1 Å². The molecule has 4 nitrogen and oxygen atoms in total. The number of carbonyl (C=O) groups is 1. The molecule has 5 heteroatoms. The number of likely N-dealkylation sites (tertiary alicyclic amines) is 2. The summed E-state index contributed by atoms with van der Waals surface area (Å²) in [6, 6.07) is 16.9. The van der Waals surface area contributed by atoms with Crippen molar-refractivity contribution in [2.75, 3.05) is 26.2 Å². The molecule has 156 valence electrons. The van der Waals surface area contributed by atoms with Gasteiger partial charge in [-0.25, -0.2) is 0 Å². The van der Waals surface area contributed by atoms with Crippen LogP contribution in [0.4, 0.5) is 0 Å². The lowest BCUT2D eigenvalue weighted by Crippen LogP contribution is -2.37. The number of amides is 1. The molecule has 0 N–H and O–H groups in total. The lowest BCUT2D eigenvalue weighted by molar-refractivity contribution is 0.0780. The summed E-state index contributed by atoms with van der Waals surface area (Å²) in [5.41, 5.74) is 3.00. The molecule has 30 heavy (non-hydrogen) atoms. The molecule has 0 aliphatic carbocycles. The summed E-state index contributed by atoms with van der Waals surface area (Å²) in [6.07, 6.45) is 5.78. The first-order valence-electron chi connectivity index (χ1n) is 11.0. The number of aromatic nitrogens is 1. The smallest absolute Gasteiger partial charge is 0.253 e. The predicted octanol–water partition coefficient (Wildman–Crippen LogP) is 5.21. The molecule has 5 rings (SSSR count). The third kappa shape index (κ3) is 3.52. The maximum Gasteiger partial charge on any atom is 0.253 e. The van der Waals surface area contributed by atoms with Crippen LogP contribution in [0.2, 0.25) is 5.02 Å². The van der Waals surface area contributed by atoms with E-state index in [4.69, 9.17) is 11.6 Å². The molecule has 2 aliphatic rings. The fourth-order valence-corrected chi connectivity index (χ4v) is 5.35. The van der Waals surface area contributed by atoms with Gasteiger partial charge in [0.05, 0.1) is 16.6 Å². The highest BCUT2D eigenvalue weighted by molar-refractivity contribution is 6.35. The number of nitrogens with zero attached hydrogens (tertiary/aromatic N) is 3. The summed E-state index contributed by atoms with van der Waals surface area (Å²) in [6.45, 7) is 6.28. The summed E-state index contributed by atoms with van der Waals surface area (Å²) in [5, 5.41) is 1.90. The van der Waals surface area contributed by atoms with Crippen molar-refractivity contribution in [2.24, 2.45) is 0 Å². The molecule has 0 bridgehead atoms. The largest absolute Gasteiger partial charge is 0.339 e. The third-order valence-corrected chi connectivity index (χ3v) is 7.16. The number of hydrogen-bond acceptors (Lipinski definition) is 2. The maximum atomic E-state index is 13.0. The van der Waals surface area contributed by atoms with E-state index in [0.717, 1.165) is 41.0 Å². The number of halogens is 1. The lowest BCUT2D eigenvalue weighted by atomic mass is 10.0. The summed E-state index contributed by atoms with van der Waals surface area (Å²) in [7, 11) is 0. The van der Waals surface area contributed by atoms with Crippen LogP contribution in [-0.4, -0.2) is 52.5 Å². The standard InChI is InChI=1S/C25H28ClN3O/c1-18(29-16-11-20-5-4-6-23(26)24(20)29)19-7-9-21(10-8-19)25(30)28-15-12-22(17-28)27-13-2-3-14-27/h4-11,16,18,22H,2-3,12-15,17H2,1H3/t18?,22-/m0/s1. The molecule has 0 spiro atoms. The molecule has 3 heterocycles. The lowest BCUT2D eigenvalue weighted by Gasteiger charge is -2.23. The quantitative estimate of drug-likeness (QED) is 0.578. The highest BCUT2D eigenvalue weighted by atomic mass is 35.5. The average molecular weight is 422 g/mol. The SMILES string of the molecule is CC(c1ccc(C(=O)N2CC[C@H](N3CCCC3)C2)cc1)n1ccc2cccc(Cl)c21. The Hall–Kier alpha value is -2.30. The Morgan fingerprint density at radius 2 is 1.80 bits per heavy atom. The zero-order valence-corrected chi connectivity index (χ0v) is 18.2. The van der Waals surface area contributed by atoms with Crippen LogP contribution in [0.3, 0.4) is 0 Å². The zero-order chi connectivity index (χ0) is 20.7. The summed E-state index contributed by atoms with van der Waals surface area (Å²) in [4.78, 5) is 17.6. The normalized spacial score (nSPS) is 20.9. The molecule has 0 radical (unpaired) electrons. The van der Waals surface area contributed by atoms with E-state index in [9.17, 15) is 4.79 Å². The van der Waals surface area contributed by atoms with E-state index in [2.05, 4.69) is 46.9 Å². The summed E-state index contributed by atoms with van der Waals surface area (Å²) >= 11 is 6.46. The van der Waals surface area contributed by atoms with Crippen molar-refractivity contribution in [1.82, 2.24) is 14.4 Å². The van der Waals surface area contributed by atoms with Gasteiger partial charge in [0.15, 0.2) is 0 Å². The first kappa shape index (κ1) is 19.7. The average Bonchev–Trinajstić information content (AvgIpc) is 3.53. The van der Waals surface area contributed by atoms with Crippen molar-refractivity contribution in [1.29, 1.82) is 0 Å². The van der Waals surface area contributed by atoms with E-state index in [1.54, 1.807) is 0 Å². The maximum absolute atomic E-state index is 13.0. The molecule has 1 unspecified atom stereocenters. The topological polar surface area (TPSA) is 28.5 Å². The number of carbonyl (C=O) groups excluding carboxylic acids is 1. The van der Waals surface area contributed by atoms with Crippen LogP contribution >= 0.6 is 11.6 Å². The van der Waals surface area contributed by atoms with Crippen molar-refractivity contribution in [3.63, 3.8) is 0 Å². The molecule has 1 aromatic heterocycles. The van der Waals surface area contributed by atoms with Crippen molar-refractivity contribution < 1.29 is 4.79 Å². The van der Waals surface area contributed by atoms with Gasteiger partial charge >= 0.3 is 0 Å². The first-order chi connectivity index (χ1) is 14.6. The monoisotopic (exact) mass is 421 g/mol. The molecule has 0 saturated carbocycles. The minimum Gasteiger partial charge on any atom is -0.339 e. The second-order valence-electron chi connectivity index (χ2n) is 8.64. The number of rotatable bonds is 4. The van der Waals surface area contributed by atoms with Crippen LogP contribution in [-0.2, 0) is 0 Å². The molecule has 2 aliphatic heterocycles. The number of hydrogen-bond donors (Lipinski definition) is 0. The van der Waals surface area contributed by atoms with E-state index >= 15 is 0 Å². The highest BCUT2D eigenvalue weighted by Gasteiger charge is 2.31. The molecule has 2 atom stereocenters. The van der Waals surface area contributed by atoms with Crippen molar-refractivity contribution >= 4 is 28.4 Å². The molecule has 1 amide bonds. The number of benzene rings is 2. The van der Waals surface area contributed by atoms with Gasteiger partial charge < -0.3 is 9.47 Å². The Bertz CT molecular complexity index is 1050. The minimum atomic E-state index is 0.137. The Kier molecular flexibility index (Phi) is 5.30. The minimum absolute atomic E-state index is 0.137. The van der Waals surface area contributed by atoms with E-state index in [1.807, 2.05) is 29.2 Å². The van der Waals surface area contributed by atoms with Gasteiger partial charge in [-0.05, 0) is 69.1 Å². The van der Waals surface area contributed by atoms with Crippen LogP contribution in [0.5, 0.6) is 0 Å². The van der Waals surface area contributed by atoms with E-state index in [0.29, 0.717) is 6.04 Å². The first-order valence-corrected chi connectivity index (χ1v) is 11.4. The zero-order valence-electron chi connectivity index (χ0n) is 17.4. The van der Waals surface area contributed by atoms with Gasteiger partial charge in [-0.3, -0.25) is 9.69 Å². The highest BCUT2D eigenvalue weighted by Crippen LogP contribution is 2.30. The molecule has 3 aromatic rings. The van der Waals surface area contributed by atoms with Crippen molar-refractivity contribution in [3.05, 3.63) is 70.9 Å². The van der Waals surface area contributed by atoms with Crippen LogP contribution in [0, 0.1) is 0 Å². The van der Waals surface area contributed by atoms with Crippen molar-refractivity contribution in [3.8, 4) is 0 Å². The van der Waals surface area contributed by atoms with Gasteiger partial charge in [-0.1, -0.05) is 35.9 Å². The van der Waals surface area contributed by atoms with E-state index in [1.165, 1.54) is 31.5 Å². The Balaban J connectivity index is 1.31. The second-order valence-corrected chi connectivity index (χ2v) is 9.04. The molecular weight excluding hydrogens is 394 g/mol. The Morgan fingerprint density at radius 1 is 1.03 bits per heavy atom. The van der Waals surface area contributed by atoms with Crippen molar-refractivity contribution in [2.45, 2.75) is 38.3 Å². The van der Waals surface area contributed by atoms with Gasteiger partial charge in [0.2, 0.25) is 0 Å². The van der Waals surface area contributed by atoms with Crippen LogP contribution in [0.25, 0.3) is 10.9 Å². The summed E-state index contributed by atoms with van der Waals surface area (Å²) in [5.74, 6) is 0.158. The molecular formula is C25H28ClN3O.